The highest BCUT2D eigenvalue weighted by atomic mass is 16.5. The van der Waals surface area contributed by atoms with Gasteiger partial charge in [-0.3, -0.25) is 0 Å². The van der Waals surface area contributed by atoms with E-state index < -0.39 is 0 Å². The maximum Gasteiger partial charge on any atom is 0.242 e. The van der Waals surface area contributed by atoms with Gasteiger partial charge in [-0.1, -0.05) is 26.0 Å². The Morgan fingerprint density at radius 2 is 1.86 bits per heavy atom. The number of benzene rings is 1. The van der Waals surface area contributed by atoms with Gasteiger partial charge in [0.1, 0.15) is 12.0 Å². The molecule has 0 unspecified atom stereocenters. The van der Waals surface area contributed by atoms with Crippen LogP contribution in [0.2, 0.25) is 0 Å². The fourth-order valence-electron chi connectivity index (χ4n) is 2.03. The average molecular weight is 286 g/mol. The van der Waals surface area contributed by atoms with Crippen molar-refractivity contribution in [1.29, 1.82) is 0 Å². The number of anilines is 3. The van der Waals surface area contributed by atoms with Crippen molar-refractivity contribution in [2.75, 3.05) is 24.3 Å². The summed E-state index contributed by atoms with van der Waals surface area (Å²) in [6.07, 6.45) is 3.41. The quantitative estimate of drug-likeness (QED) is 0.883. The number of nitrogen functional groups attached to an aromatic ring is 1. The van der Waals surface area contributed by atoms with Crippen LogP contribution in [0.4, 0.5) is 17.2 Å². The summed E-state index contributed by atoms with van der Waals surface area (Å²) in [5, 5.41) is 0. The van der Waals surface area contributed by atoms with Crippen molar-refractivity contribution in [3.8, 4) is 5.88 Å². The summed E-state index contributed by atoms with van der Waals surface area (Å²) >= 11 is 0. The lowest BCUT2D eigenvalue weighted by atomic mass is 10.1. The van der Waals surface area contributed by atoms with Gasteiger partial charge in [0.2, 0.25) is 5.88 Å². The van der Waals surface area contributed by atoms with Crippen molar-refractivity contribution in [1.82, 2.24) is 9.97 Å². The van der Waals surface area contributed by atoms with Crippen molar-refractivity contribution in [3.05, 3.63) is 36.2 Å². The molecular formula is C16H22N4O. The third-order valence-electron chi connectivity index (χ3n) is 3.32. The largest absolute Gasteiger partial charge is 0.476 e. The molecule has 0 radical (unpaired) electrons. The van der Waals surface area contributed by atoms with Gasteiger partial charge in [-0.25, -0.2) is 4.98 Å². The molecule has 21 heavy (non-hydrogen) atoms. The van der Waals surface area contributed by atoms with Gasteiger partial charge in [0.05, 0.1) is 6.61 Å². The summed E-state index contributed by atoms with van der Waals surface area (Å²) in [6.45, 7) is 4.77. The molecule has 2 N–H and O–H groups in total. The van der Waals surface area contributed by atoms with E-state index in [4.69, 9.17) is 10.5 Å². The molecule has 1 heterocycles. The Balaban J connectivity index is 2.27. The molecule has 0 saturated carbocycles. The smallest absolute Gasteiger partial charge is 0.242 e. The van der Waals surface area contributed by atoms with Crippen LogP contribution in [0.15, 0.2) is 30.6 Å². The van der Waals surface area contributed by atoms with Gasteiger partial charge in [0.25, 0.3) is 0 Å². The highest BCUT2D eigenvalue weighted by molar-refractivity contribution is 5.73. The van der Waals surface area contributed by atoms with Crippen molar-refractivity contribution < 1.29 is 4.74 Å². The van der Waals surface area contributed by atoms with Crippen LogP contribution in [0.3, 0.4) is 0 Å². The molecule has 1 aromatic heterocycles. The highest BCUT2D eigenvalue weighted by Crippen LogP contribution is 2.31. The molecule has 2 rings (SSSR count). The lowest BCUT2D eigenvalue weighted by Gasteiger charge is -2.21. The zero-order chi connectivity index (χ0) is 15.2. The average Bonchev–Trinajstić information content (AvgIpc) is 2.53. The molecule has 0 bridgehead atoms. The van der Waals surface area contributed by atoms with E-state index in [1.165, 1.54) is 11.9 Å². The van der Waals surface area contributed by atoms with Gasteiger partial charge in [-0.05, 0) is 30.5 Å². The first-order valence-electron chi connectivity index (χ1n) is 7.23. The van der Waals surface area contributed by atoms with Gasteiger partial charge in [-0.15, -0.1) is 0 Å². The SMILES string of the molecule is CCCOc1ncnc(N(C)c2ccc(CC)cc2)c1N. The summed E-state index contributed by atoms with van der Waals surface area (Å²) in [4.78, 5) is 10.3. The minimum Gasteiger partial charge on any atom is -0.476 e. The number of nitrogens with zero attached hydrogens (tertiary/aromatic N) is 3. The third-order valence-corrected chi connectivity index (χ3v) is 3.32. The molecule has 112 valence electrons. The van der Waals surface area contributed by atoms with Gasteiger partial charge in [0, 0.05) is 12.7 Å². The summed E-state index contributed by atoms with van der Waals surface area (Å²) in [6, 6.07) is 8.34. The molecule has 0 amide bonds. The predicted molar refractivity (Wildman–Crippen MR) is 86.1 cm³/mol. The van der Waals surface area contributed by atoms with Gasteiger partial charge in [-0.2, -0.15) is 4.98 Å². The van der Waals surface area contributed by atoms with E-state index in [0.717, 1.165) is 18.5 Å². The highest BCUT2D eigenvalue weighted by Gasteiger charge is 2.14. The Morgan fingerprint density at radius 3 is 2.48 bits per heavy atom. The number of nitrogens with two attached hydrogens (primary N) is 1. The zero-order valence-corrected chi connectivity index (χ0v) is 12.8. The summed E-state index contributed by atoms with van der Waals surface area (Å²) in [5.41, 5.74) is 8.92. The molecule has 0 aliphatic heterocycles. The summed E-state index contributed by atoms with van der Waals surface area (Å²) in [5.74, 6) is 1.10. The lowest BCUT2D eigenvalue weighted by molar-refractivity contribution is 0.306. The topological polar surface area (TPSA) is 64.3 Å². The monoisotopic (exact) mass is 286 g/mol. The fourth-order valence-corrected chi connectivity index (χ4v) is 2.03. The van der Waals surface area contributed by atoms with E-state index in [1.54, 1.807) is 0 Å². The predicted octanol–water partition coefficient (Wildman–Crippen LogP) is 3.18. The third kappa shape index (κ3) is 3.42. The second-order valence-electron chi connectivity index (χ2n) is 4.84. The molecular weight excluding hydrogens is 264 g/mol. The Labute approximate surface area is 125 Å². The van der Waals surface area contributed by atoms with Crippen LogP contribution in [0, 0.1) is 0 Å². The van der Waals surface area contributed by atoms with Crippen molar-refractivity contribution >= 4 is 17.2 Å². The Morgan fingerprint density at radius 1 is 1.14 bits per heavy atom. The molecule has 0 atom stereocenters. The van der Waals surface area contributed by atoms with E-state index in [-0.39, 0.29) is 0 Å². The first-order valence-corrected chi connectivity index (χ1v) is 7.23. The number of hydrogen-bond acceptors (Lipinski definition) is 5. The van der Waals surface area contributed by atoms with Crippen LogP contribution in [0.1, 0.15) is 25.8 Å². The first-order chi connectivity index (χ1) is 10.2. The Bertz CT molecular complexity index is 583. The standard InChI is InChI=1S/C16H22N4O/c1-4-10-21-16-14(17)15(18-11-19-16)20(3)13-8-6-12(5-2)7-9-13/h6-9,11H,4-5,10,17H2,1-3H3. The lowest BCUT2D eigenvalue weighted by Crippen LogP contribution is -2.15. The second-order valence-corrected chi connectivity index (χ2v) is 4.84. The fraction of sp³-hybridized carbons (Fsp3) is 0.375. The molecule has 0 aliphatic carbocycles. The number of aromatic nitrogens is 2. The number of aryl methyl sites for hydroxylation is 1. The maximum atomic E-state index is 6.13. The molecule has 0 spiro atoms. The van der Waals surface area contributed by atoms with Crippen LogP contribution in [-0.4, -0.2) is 23.6 Å². The number of hydrogen-bond donors (Lipinski definition) is 1. The van der Waals surface area contributed by atoms with Crippen LogP contribution in [-0.2, 0) is 6.42 Å². The van der Waals surface area contributed by atoms with Crippen molar-refractivity contribution in [2.45, 2.75) is 26.7 Å². The molecule has 2 aromatic rings. The molecule has 5 nitrogen and oxygen atoms in total. The number of rotatable bonds is 6. The van der Waals surface area contributed by atoms with Gasteiger partial charge < -0.3 is 15.4 Å². The van der Waals surface area contributed by atoms with Crippen LogP contribution in [0.25, 0.3) is 0 Å². The Hall–Kier alpha value is -2.30. The molecule has 5 heteroatoms. The zero-order valence-electron chi connectivity index (χ0n) is 12.8. The first kappa shape index (κ1) is 15.1. The molecule has 0 fully saturated rings. The van der Waals surface area contributed by atoms with E-state index in [9.17, 15) is 0 Å². The van der Waals surface area contributed by atoms with E-state index in [2.05, 4.69) is 41.2 Å². The van der Waals surface area contributed by atoms with Crippen LogP contribution < -0.4 is 15.4 Å². The van der Waals surface area contributed by atoms with E-state index in [1.807, 2.05) is 18.9 Å². The summed E-state index contributed by atoms with van der Waals surface area (Å²) in [7, 11) is 1.93. The maximum absolute atomic E-state index is 6.13. The van der Waals surface area contributed by atoms with Gasteiger partial charge >= 0.3 is 0 Å². The minimum absolute atomic E-state index is 0.443. The normalized spacial score (nSPS) is 10.4. The summed E-state index contributed by atoms with van der Waals surface area (Å²) < 4.78 is 5.55. The van der Waals surface area contributed by atoms with E-state index >= 15 is 0 Å². The molecule has 0 aliphatic rings. The second kappa shape index (κ2) is 6.92. The van der Waals surface area contributed by atoms with Crippen molar-refractivity contribution in [2.24, 2.45) is 0 Å². The minimum atomic E-state index is 0.443. The molecule has 1 aromatic carbocycles. The van der Waals surface area contributed by atoms with Crippen molar-refractivity contribution in [3.63, 3.8) is 0 Å². The van der Waals surface area contributed by atoms with Crippen LogP contribution in [0.5, 0.6) is 5.88 Å². The Kier molecular flexibility index (Phi) is 4.98. The van der Waals surface area contributed by atoms with E-state index in [0.29, 0.717) is 24.0 Å². The van der Waals surface area contributed by atoms with Gasteiger partial charge in [0.15, 0.2) is 5.82 Å². The molecule has 0 saturated heterocycles. The number of ether oxygens (including phenoxy) is 1. The van der Waals surface area contributed by atoms with Crippen LogP contribution >= 0.6 is 0 Å².